The minimum atomic E-state index is -1.18. The van der Waals surface area contributed by atoms with Crippen LogP contribution >= 0.6 is 0 Å². The van der Waals surface area contributed by atoms with E-state index in [2.05, 4.69) is 5.32 Å². The van der Waals surface area contributed by atoms with Crippen molar-refractivity contribution in [1.29, 1.82) is 0 Å². The van der Waals surface area contributed by atoms with Crippen LogP contribution in [0.5, 0.6) is 11.5 Å². The van der Waals surface area contributed by atoms with Crippen molar-refractivity contribution in [3.05, 3.63) is 56.6 Å². The third-order valence-corrected chi connectivity index (χ3v) is 4.66. The molecule has 0 aromatic heterocycles. The predicted molar refractivity (Wildman–Crippen MR) is 108 cm³/mol. The van der Waals surface area contributed by atoms with Crippen LogP contribution in [0.2, 0.25) is 0 Å². The molecule has 30 heavy (non-hydrogen) atoms. The molecule has 1 amide bonds. The van der Waals surface area contributed by atoms with E-state index in [1.807, 2.05) is 32.9 Å². The minimum Gasteiger partial charge on any atom is -0.486 e. The van der Waals surface area contributed by atoms with Gasteiger partial charge in [0.25, 0.3) is 11.6 Å². The first-order chi connectivity index (χ1) is 14.2. The minimum absolute atomic E-state index is 0.181. The van der Waals surface area contributed by atoms with Crippen molar-refractivity contribution >= 4 is 23.3 Å². The average Bonchev–Trinajstić information content (AvgIpc) is 2.69. The van der Waals surface area contributed by atoms with Crippen molar-refractivity contribution in [1.82, 2.24) is 0 Å². The molecule has 0 saturated carbocycles. The van der Waals surface area contributed by atoms with Gasteiger partial charge in [0, 0.05) is 11.8 Å². The maximum Gasteiger partial charge on any atom is 0.346 e. The first kappa shape index (κ1) is 21.1. The number of fused-ring (bicyclic) bond motifs is 1. The molecular weight excluding hydrogens is 392 g/mol. The maximum atomic E-state index is 12.6. The molecule has 0 aliphatic carbocycles. The molecule has 2 aromatic carbocycles. The highest BCUT2D eigenvalue weighted by molar-refractivity contribution is 6.00. The van der Waals surface area contributed by atoms with Gasteiger partial charge in [0.05, 0.1) is 11.0 Å². The van der Waals surface area contributed by atoms with Crippen molar-refractivity contribution in [2.45, 2.75) is 33.8 Å². The summed E-state index contributed by atoms with van der Waals surface area (Å²) < 4.78 is 15.9. The number of hydrogen-bond acceptors (Lipinski definition) is 7. The average molecular weight is 414 g/mol. The van der Waals surface area contributed by atoms with Gasteiger partial charge in [-0.15, -0.1) is 0 Å². The van der Waals surface area contributed by atoms with E-state index in [4.69, 9.17) is 14.2 Å². The molecule has 158 valence electrons. The zero-order valence-electron chi connectivity index (χ0n) is 17.1. The highest BCUT2D eigenvalue weighted by Crippen LogP contribution is 2.37. The lowest BCUT2D eigenvalue weighted by atomic mass is 10.0. The molecule has 0 fully saturated rings. The first-order valence-electron chi connectivity index (χ1n) is 9.35. The van der Waals surface area contributed by atoms with E-state index in [9.17, 15) is 19.7 Å². The first-order valence-corrected chi connectivity index (χ1v) is 9.35. The van der Waals surface area contributed by atoms with Crippen LogP contribution in [0.4, 0.5) is 11.4 Å². The summed E-state index contributed by atoms with van der Waals surface area (Å²) >= 11 is 0. The number of carbonyl (C=O) groups is 2. The Morgan fingerprint density at radius 1 is 1.07 bits per heavy atom. The predicted octanol–water partition coefficient (Wildman–Crippen LogP) is 3.48. The van der Waals surface area contributed by atoms with Crippen molar-refractivity contribution in [2.75, 3.05) is 18.5 Å². The van der Waals surface area contributed by atoms with Gasteiger partial charge in [-0.05, 0) is 38.8 Å². The SMILES string of the molecule is Cc1cc(C)c(NC(=O)C(C)OC(=O)c2cc3c(cc2[N+](=O)[O-])OCCO3)c(C)c1. The zero-order chi connectivity index (χ0) is 22.0. The van der Waals surface area contributed by atoms with Crippen molar-refractivity contribution in [2.24, 2.45) is 0 Å². The molecule has 0 radical (unpaired) electrons. The third-order valence-electron chi connectivity index (χ3n) is 4.66. The van der Waals surface area contributed by atoms with Crippen molar-refractivity contribution in [3.63, 3.8) is 0 Å². The quantitative estimate of drug-likeness (QED) is 0.452. The summed E-state index contributed by atoms with van der Waals surface area (Å²) in [4.78, 5) is 35.8. The number of anilines is 1. The number of carbonyl (C=O) groups excluding carboxylic acids is 2. The van der Waals surface area contributed by atoms with Gasteiger partial charge in [-0.1, -0.05) is 17.7 Å². The van der Waals surface area contributed by atoms with Crippen LogP contribution < -0.4 is 14.8 Å². The number of nitrogens with one attached hydrogen (secondary N) is 1. The topological polar surface area (TPSA) is 117 Å². The Balaban J connectivity index is 1.79. The molecule has 1 unspecified atom stereocenters. The van der Waals surface area contributed by atoms with Crippen LogP contribution in [-0.2, 0) is 9.53 Å². The molecule has 2 aromatic rings. The summed E-state index contributed by atoms with van der Waals surface area (Å²) in [6, 6.07) is 6.18. The molecule has 1 heterocycles. The lowest BCUT2D eigenvalue weighted by Crippen LogP contribution is -2.30. The second-order valence-electron chi connectivity index (χ2n) is 7.08. The lowest BCUT2D eigenvalue weighted by molar-refractivity contribution is -0.385. The van der Waals surface area contributed by atoms with Gasteiger partial charge >= 0.3 is 5.97 Å². The van der Waals surface area contributed by atoms with Crippen molar-refractivity contribution in [3.8, 4) is 11.5 Å². The molecule has 0 spiro atoms. The van der Waals surface area contributed by atoms with Gasteiger partial charge in [-0.3, -0.25) is 14.9 Å². The summed E-state index contributed by atoms with van der Waals surface area (Å²) in [6.07, 6.45) is -1.18. The van der Waals surface area contributed by atoms with Gasteiger partial charge in [0.15, 0.2) is 17.6 Å². The number of amides is 1. The summed E-state index contributed by atoms with van der Waals surface area (Å²) in [5, 5.41) is 14.2. The normalized spacial score (nSPS) is 13.3. The number of nitrogens with zero attached hydrogens (tertiary/aromatic N) is 1. The molecule has 1 aliphatic heterocycles. The van der Waals surface area contributed by atoms with Gasteiger partial charge < -0.3 is 19.5 Å². The molecule has 1 N–H and O–H groups in total. The molecule has 0 saturated heterocycles. The van der Waals surface area contributed by atoms with Crippen LogP contribution in [-0.4, -0.2) is 36.1 Å². The fraction of sp³-hybridized carbons (Fsp3) is 0.333. The van der Waals surface area contributed by atoms with Crippen LogP contribution in [0.3, 0.4) is 0 Å². The number of rotatable bonds is 5. The number of esters is 1. The molecule has 3 rings (SSSR count). The fourth-order valence-corrected chi connectivity index (χ4v) is 3.27. The van der Waals surface area contributed by atoms with Crippen LogP contribution in [0, 0.1) is 30.9 Å². The molecule has 9 nitrogen and oxygen atoms in total. The molecule has 0 bridgehead atoms. The molecule has 1 atom stereocenters. The van der Waals surface area contributed by atoms with Gasteiger partial charge in [-0.25, -0.2) is 4.79 Å². The second kappa shape index (κ2) is 8.40. The molecule has 1 aliphatic rings. The number of aryl methyl sites for hydroxylation is 3. The summed E-state index contributed by atoms with van der Waals surface area (Å²) in [6.45, 7) is 7.60. The van der Waals surface area contributed by atoms with Crippen LogP contribution in [0.25, 0.3) is 0 Å². The van der Waals surface area contributed by atoms with Gasteiger partial charge in [-0.2, -0.15) is 0 Å². The van der Waals surface area contributed by atoms with E-state index in [0.717, 1.165) is 22.8 Å². The van der Waals surface area contributed by atoms with Gasteiger partial charge in [0.2, 0.25) is 0 Å². The lowest BCUT2D eigenvalue weighted by Gasteiger charge is -2.19. The van der Waals surface area contributed by atoms with E-state index >= 15 is 0 Å². The standard InChI is InChI=1S/C21H22N2O7/c1-11-7-12(2)19(13(3)8-11)22-20(24)14(4)30-21(25)15-9-17-18(29-6-5-28-17)10-16(15)23(26)27/h7-10,14H,5-6H2,1-4H3,(H,22,24). The van der Waals surface area contributed by atoms with E-state index in [1.54, 1.807) is 0 Å². The second-order valence-corrected chi connectivity index (χ2v) is 7.08. The molecular formula is C21H22N2O7. The monoisotopic (exact) mass is 414 g/mol. The Kier molecular flexibility index (Phi) is 5.91. The maximum absolute atomic E-state index is 12.6. The van der Waals surface area contributed by atoms with Crippen LogP contribution in [0.1, 0.15) is 34.0 Å². The summed E-state index contributed by atoms with van der Waals surface area (Å²) in [5.74, 6) is -1.15. The number of nitro groups is 1. The summed E-state index contributed by atoms with van der Waals surface area (Å²) in [7, 11) is 0. The third kappa shape index (κ3) is 4.35. The van der Waals surface area contributed by atoms with E-state index < -0.39 is 28.6 Å². The van der Waals surface area contributed by atoms with Gasteiger partial charge in [0.1, 0.15) is 18.8 Å². The molecule has 9 heteroatoms. The van der Waals surface area contributed by atoms with Crippen molar-refractivity contribution < 1.29 is 28.7 Å². The Morgan fingerprint density at radius 2 is 1.63 bits per heavy atom. The van der Waals surface area contributed by atoms with Crippen LogP contribution in [0.15, 0.2) is 24.3 Å². The number of nitro benzene ring substituents is 1. The fourth-order valence-electron chi connectivity index (χ4n) is 3.27. The number of benzene rings is 2. The Labute approximate surface area is 173 Å². The number of ether oxygens (including phenoxy) is 3. The van der Waals surface area contributed by atoms with E-state index in [1.165, 1.54) is 13.0 Å². The Morgan fingerprint density at radius 3 is 2.20 bits per heavy atom. The Bertz CT molecular complexity index is 1010. The zero-order valence-corrected chi connectivity index (χ0v) is 17.1. The van der Waals surface area contributed by atoms with E-state index in [0.29, 0.717) is 5.69 Å². The largest absolute Gasteiger partial charge is 0.486 e. The summed E-state index contributed by atoms with van der Waals surface area (Å²) in [5.41, 5.74) is 2.66. The van der Waals surface area contributed by atoms with E-state index in [-0.39, 0.29) is 30.3 Å². The smallest absolute Gasteiger partial charge is 0.346 e. The number of hydrogen-bond donors (Lipinski definition) is 1. The highest BCUT2D eigenvalue weighted by atomic mass is 16.6. The highest BCUT2D eigenvalue weighted by Gasteiger charge is 2.29. The Hall–Kier alpha value is -3.62.